The zero-order valence-corrected chi connectivity index (χ0v) is 12.3. The Kier molecular flexibility index (Phi) is 4.06. The first kappa shape index (κ1) is 12.6. The molecule has 3 atom stereocenters. The van der Waals surface area contributed by atoms with E-state index in [4.69, 9.17) is 4.74 Å². The molecule has 1 saturated heterocycles. The van der Waals surface area contributed by atoms with Crippen molar-refractivity contribution >= 4 is 27.3 Å². The van der Waals surface area contributed by atoms with Crippen molar-refractivity contribution in [3.63, 3.8) is 0 Å². The Bertz CT molecular complexity index is 346. The van der Waals surface area contributed by atoms with Gasteiger partial charge in [0.05, 0.1) is 18.2 Å². The Morgan fingerprint density at radius 3 is 2.75 bits per heavy atom. The average Bonchev–Trinajstić information content (AvgIpc) is 2.77. The first-order valence-electron chi connectivity index (χ1n) is 5.70. The number of thiophene rings is 1. The summed E-state index contributed by atoms with van der Waals surface area (Å²) in [5, 5.41) is 3.39. The third-order valence-corrected chi connectivity index (χ3v) is 5.35. The van der Waals surface area contributed by atoms with Crippen molar-refractivity contribution in [1.82, 2.24) is 5.32 Å². The summed E-state index contributed by atoms with van der Waals surface area (Å²) in [6.45, 7) is 4.30. The Hall–Kier alpha value is 0.1000. The smallest absolute Gasteiger partial charge is 0.0782 e. The van der Waals surface area contributed by atoms with E-state index in [2.05, 4.69) is 41.2 Å². The van der Waals surface area contributed by atoms with E-state index in [1.54, 1.807) is 0 Å². The summed E-state index contributed by atoms with van der Waals surface area (Å²) in [6.07, 6.45) is 3.06. The highest BCUT2D eigenvalue weighted by Gasteiger charge is 2.30. The average molecular weight is 304 g/mol. The molecule has 90 valence electrons. The zero-order valence-electron chi connectivity index (χ0n) is 9.92. The molecule has 1 aromatic rings. The third kappa shape index (κ3) is 2.50. The van der Waals surface area contributed by atoms with Crippen molar-refractivity contribution in [2.75, 3.05) is 7.05 Å². The quantitative estimate of drug-likeness (QED) is 0.920. The van der Waals surface area contributed by atoms with Crippen LogP contribution in [0, 0.1) is 6.92 Å². The topological polar surface area (TPSA) is 21.3 Å². The maximum Gasteiger partial charge on any atom is 0.0782 e. The van der Waals surface area contributed by atoms with Gasteiger partial charge in [-0.2, -0.15) is 0 Å². The van der Waals surface area contributed by atoms with Gasteiger partial charge in [-0.3, -0.25) is 0 Å². The molecular weight excluding hydrogens is 286 g/mol. The molecule has 2 nitrogen and oxygen atoms in total. The van der Waals surface area contributed by atoms with Crippen molar-refractivity contribution in [2.45, 2.75) is 44.9 Å². The minimum absolute atomic E-state index is 0.324. The number of halogens is 1. The molecule has 0 bridgehead atoms. The van der Waals surface area contributed by atoms with E-state index in [1.807, 2.05) is 18.4 Å². The predicted octanol–water partition coefficient (Wildman–Crippen LogP) is 3.65. The molecule has 0 aromatic carbocycles. The summed E-state index contributed by atoms with van der Waals surface area (Å²) >= 11 is 5.42. The van der Waals surface area contributed by atoms with E-state index in [0.717, 1.165) is 6.42 Å². The zero-order chi connectivity index (χ0) is 11.7. The van der Waals surface area contributed by atoms with Crippen LogP contribution in [0.15, 0.2) is 10.5 Å². The summed E-state index contributed by atoms with van der Waals surface area (Å²) in [7, 11) is 2.01. The Labute approximate surface area is 110 Å². The molecule has 1 N–H and O–H groups in total. The Morgan fingerprint density at radius 2 is 2.31 bits per heavy atom. The maximum atomic E-state index is 5.95. The lowest BCUT2D eigenvalue weighted by Gasteiger charge is -2.21. The molecule has 2 heterocycles. The largest absolute Gasteiger partial charge is 0.373 e. The number of aryl methyl sites for hydroxylation is 1. The second-order valence-electron chi connectivity index (χ2n) is 4.38. The number of rotatable bonds is 3. The molecule has 0 amide bonds. The molecule has 3 unspecified atom stereocenters. The minimum atomic E-state index is 0.324. The van der Waals surface area contributed by atoms with Crippen LogP contribution in [0.4, 0.5) is 0 Å². The van der Waals surface area contributed by atoms with Gasteiger partial charge in [0, 0.05) is 14.2 Å². The summed E-state index contributed by atoms with van der Waals surface area (Å²) < 4.78 is 7.15. The van der Waals surface area contributed by atoms with Gasteiger partial charge in [0.25, 0.3) is 0 Å². The van der Waals surface area contributed by atoms with Crippen LogP contribution < -0.4 is 5.32 Å². The molecule has 1 fully saturated rings. The highest BCUT2D eigenvalue weighted by atomic mass is 79.9. The van der Waals surface area contributed by atoms with Gasteiger partial charge in [-0.05, 0) is 55.7 Å². The van der Waals surface area contributed by atoms with Crippen molar-refractivity contribution in [1.29, 1.82) is 0 Å². The molecular formula is C12H18BrNOS. The standard InChI is InChI=1S/C12H18BrNOS/c1-7-4-5-10(15-7)12(14-3)11-6-9(13)8(2)16-11/h6-7,10,12,14H,4-5H2,1-3H3. The number of hydrogen-bond acceptors (Lipinski definition) is 3. The first-order chi connectivity index (χ1) is 7.61. The lowest BCUT2D eigenvalue weighted by atomic mass is 10.1. The highest BCUT2D eigenvalue weighted by molar-refractivity contribution is 9.10. The second kappa shape index (κ2) is 5.17. The van der Waals surface area contributed by atoms with E-state index in [-0.39, 0.29) is 0 Å². The van der Waals surface area contributed by atoms with E-state index in [9.17, 15) is 0 Å². The predicted molar refractivity (Wildman–Crippen MR) is 72.1 cm³/mol. The van der Waals surface area contributed by atoms with Gasteiger partial charge in [-0.25, -0.2) is 0 Å². The van der Waals surface area contributed by atoms with E-state index < -0.39 is 0 Å². The lowest BCUT2D eigenvalue weighted by Crippen LogP contribution is -2.28. The van der Waals surface area contributed by atoms with Crippen LogP contribution in [-0.2, 0) is 4.74 Å². The number of likely N-dealkylation sites (N-methyl/N-ethyl adjacent to an activating group) is 1. The molecule has 0 aliphatic carbocycles. The van der Waals surface area contributed by atoms with Gasteiger partial charge in [0.1, 0.15) is 0 Å². The summed E-state index contributed by atoms with van der Waals surface area (Å²) in [5.41, 5.74) is 0. The molecule has 16 heavy (non-hydrogen) atoms. The Morgan fingerprint density at radius 1 is 1.56 bits per heavy atom. The van der Waals surface area contributed by atoms with Crippen LogP contribution >= 0.6 is 27.3 Å². The molecule has 1 aliphatic rings. The fraction of sp³-hybridized carbons (Fsp3) is 0.667. The van der Waals surface area contributed by atoms with Gasteiger partial charge in [0.15, 0.2) is 0 Å². The van der Waals surface area contributed by atoms with Gasteiger partial charge in [-0.15, -0.1) is 11.3 Å². The van der Waals surface area contributed by atoms with Crippen molar-refractivity contribution in [3.8, 4) is 0 Å². The third-order valence-electron chi connectivity index (χ3n) is 3.13. The van der Waals surface area contributed by atoms with E-state index in [0.29, 0.717) is 18.2 Å². The summed E-state index contributed by atoms with van der Waals surface area (Å²) in [4.78, 5) is 2.70. The van der Waals surface area contributed by atoms with Crippen LogP contribution in [-0.4, -0.2) is 19.3 Å². The van der Waals surface area contributed by atoms with Crippen molar-refractivity contribution in [2.24, 2.45) is 0 Å². The van der Waals surface area contributed by atoms with Crippen LogP contribution in [0.5, 0.6) is 0 Å². The van der Waals surface area contributed by atoms with Crippen LogP contribution in [0.25, 0.3) is 0 Å². The number of ether oxygens (including phenoxy) is 1. The van der Waals surface area contributed by atoms with Gasteiger partial charge in [0.2, 0.25) is 0 Å². The van der Waals surface area contributed by atoms with E-state index in [1.165, 1.54) is 20.6 Å². The van der Waals surface area contributed by atoms with Gasteiger partial charge >= 0.3 is 0 Å². The molecule has 1 aromatic heterocycles. The molecule has 4 heteroatoms. The Balaban J connectivity index is 2.16. The van der Waals surface area contributed by atoms with Crippen molar-refractivity contribution < 1.29 is 4.74 Å². The normalized spacial score (nSPS) is 27.2. The lowest BCUT2D eigenvalue weighted by molar-refractivity contribution is 0.0340. The van der Waals surface area contributed by atoms with E-state index >= 15 is 0 Å². The monoisotopic (exact) mass is 303 g/mol. The minimum Gasteiger partial charge on any atom is -0.373 e. The number of nitrogens with one attached hydrogen (secondary N) is 1. The molecule has 0 saturated carbocycles. The first-order valence-corrected chi connectivity index (χ1v) is 7.31. The van der Waals surface area contributed by atoms with Crippen LogP contribution in [0.3, 0.4) is 0 Å². The summed E-state index contributed by atoms with van der Waals surface area (Å²) in [6, 6.07) is 2.55. The second-order valence-corrected chi connectivity index (χ2v) is 6.52. The fourth-order valence-corrected chi connectivity index (χ4v) is 3.95. The molecule has 2 rings (SSSR count). The maximum absolute atomic E-state index is 5.95. The molecule has 1 aliphatic heterocycles. The summed E-state index contributed by atoms with van der Waals surface area (Å²) in [5.74, 6) is 0. The van der Waals surface area contributed by atoms with Gasteiger partial charge < -0.3 is 10.1 Å². The van der Waals surface area contributed by atoms with Crippen LogP contribution in [0.1, 0.15) is 35.6 Å². The molecule has 0 spiro atoms. The fourth-order valence-electron chi connectivity index (χ4n) is 2.22. The SMILES string of the molecule is CNC(c1cc(Br)c(C)s1)C1CCC(C)O1. The van der Waals surface area contributed by atoms with Gasteiger partial charge in [-0.1, -0.05) is 0 Å². The molecule has 0 radical (unpaired) electrons. The highest BCUT2D eigenvalue weighted by Crippen LogP contribution is 2.36. The van der Waals surface area contributed by atoms with Crippen LogP contribution in [0.2, 0.25) is 0 Å². The van der Waals surface area contributed by atoms with Crippen molar-refractivity contribution in [3.05, 3.63) is 20.3 Å². The number of hydrogen-bond donors (Lipinski definition) is 1.